The second-order valence-electron chi connectivity index (χ2n) is 4.62. The van der Waals surface area contributed by atoms with Crippen molar-refractivity contribution in [3.05, 3.63) is 44.9 Å². The minimum absolute atomic E-state index is 0.139. The molecular formula is C13H15N5O3S. The van der Waals surface area contributed by atoms with Gasteiger partial charge in [0, 0.05) is 26.5 Å². The van der Waals surface area contributed by atoms with E-state index in [4.69, 9.17) is 5.73 Å². The van der Waals surface area contributed by atoms with Crippen LogP contribution in [0, 0.1) is 0 Å². The van der Waals surface area contributed by atoms with Crippen LogP contribution < -0.4 is 17.0 Å². The number of anilines is 1. The maximum absolute atomic E-state index is 12.5. The van der Waals surface area contributed by atoms with Crippen LogP contribution in [-0.4, -0.2) is 30.1 Å². The van der Waals surface area contributed by atoms with E-state index < -0.39 is 22.3 Å². The van der Waals surface area contributed by atoms with Gasteiger partial charge < -0.3 is 5.73 Å². The van der Waals surface area contributed by atoms with E-state index in [1.54, 1.807) is 25.4 Å². The molecule has 2 aromatic rings. The lowest BCUT2D eigenvalue weighted by molar-refractivity contribution is 0.0992. The summed E-state index contributed by atoms with van der Waals surface area (Å²) in [4.78, 5) is 44.5. The lowest BCUT2D eigenvalue weighted by atomic mass is 10.1. The predicted molar refractivity (Wildman–Crippen MR) is 83.0 cm³/mol. The van der Waals surface area contributed by atoms with Crippen LogP contribution in [0.4, 0.5) is 5.82 Å². The fourth-order valence-electron chi connectivity index (χ4n) is 1.85. The third kappa shape index (κ3) is 2.80. The van der Waals surface area contributed by atoms with E-state index in [1.807, 2.05) is 0 Å². The number of nitrogens with zero attached hydrogens (tertiary/aromatic N) is 4. The van der Waals surface area contributed by atoms with E-state index in [2.05, 4.69) is 9.97 Å². The molecular weight excluding hydrogens is 306 g/mol. The number of aromatic nitrogens is 4. The van der Waals surface area contributed by atoms with Crippen molar-refractivity contribution in [3.8, 4) is 0 Å². The summed E-state index contributed by atoms with van der Waals surface area (Å²) in [6.45, 7) is 1.63. The summed E-state index contributed by atoms with van der Waals surface area (Å²) in [7, 11) is 2.71. The first-order valence-electron chi connectivity index (χ1n) is 6.38. The minimum atomic E-state index is -0.702. The van der Waals surface area contributed by atoms with Crippen molar-refractivity contribution in [2.75, 3.05) is 5.73 Å². The standard InChI is InChI=1S/C13H15N5O3S/c1-7(22-12-15-5-4-6-16-12)9(19)8-10(14)17(2)13(21)18(3)11(8)20/h4-7H,14H2,1-3H3/t7-/m1/s1. The Hall–Kier alpha value is -2.42. The number of nitrogen functional groups attached to an aromatic ring is 1. The topological polar surface area (TPSA) is 113 Å². The average molecular weight is 321 g/mol. The molecule has 2 N–H and O–H groups in total. The maximum atomic E-state index is 12.5. The highest BCUT2D eigenvalue weighted by molar-refractivity contribution is 8.00. The van der Waals surface area contributed by atoms with Gasteiger partial charge in [-0.1, -0.05) is 11.8 Å². The van der Waals surface area contributed by atoms with Gasteiger partial charge in [-0.2, -0.15) is 0 Å². The Labute approximate surface area is 130 Å². The molecule has 0 fully saturated rings. The van der Waals surface area contributed by atoms with Crippen LogP contribution >= 0.6 is 11.8 Å². The fraction of sp³-hybridized carbons (Fsp3) is 0.308. The Bertz CT molecular complexity index is 828. The second-order valence-corrected chi connectivity index (χ2v) is 5.93. The number of rotatable bonds is 4. The van der Waals surface area contributed by atoms with Gasteiger partial charge in [-0.3, -0.25) is 18.7 Å². The van der Waals surface area contributed by atoms with Crippen molar-refractivity contribution in [2.45, 2.75) is 17.3 Å². The first-order valence-corrected chi connectivity index (χ1v) is 7.26. The molecule has 8 nitrogen and oxygen atoms in total. The van der Waals surface area contributed by atoms with E-state index in [9.17, 15) is 14.4 Å². The van der Waals surface area contributed by atoms with Gasteiger partial charge in [-0.15, -0.1) is 0 Å². The quantitative estimate of drug-likeness (QED) is 0.472. The van der Waals surface area contributed by atoms with E-state index in [-0.39, 0.29) is 11.4 Å². The summed E-state index contributed by atoms with van der Waals surface area (Å²) in [6.07, 6.45) is 3.12. The highest BCUT2D eigenvalue weighted by Gasteiger charge is 2.25. The number of thioether (sulfide) groups is 1. The van der Waals surface area contributed by atoms with Gasteiger partial charge in [-0.25, -0.2) is 14.8 Å². The lowest BCUT2D eigenvalue weighted by Crippen LogP contribution is -2.42. The Kier molecular flexibility index (Phi) is 4.45. The molecule has 0 spiro atoms. The van der Waals surface area contributed by atoms with Gasteiger partial charge >= 0.3 is 5.69 Å². The SMILES string of the molecule is C[C@@H](Sc1ncccn1)C(=O)c1c(N)n(C)c(=O)n(C)c1=O. The monoisotopic (exact) mass is 321 g/mol. The largest absolute Gasteiger partial charge is 0.384 e. The number of hydrogen-bond donors (Lipinski definition) is 1. The summed E-state index contributed by atoms with van der Waals surface area (Å²) >= 11 is 1.12. The third-order valence-electron chi connectivity index (χ3n) is 3.15. The second kappa shape index (κ2) is 6.14. The zero-order valence-electron chi connectivity index (χ0n) is 12.3. The molecule has 9 heteroatoms. The van der Waals surface area contributed by atoms with Gasteiger partial charge in [0.1, 0.15) is 11.4 Å². The lowest BCUT2D eigenvalue weighted by Gasteiger charge is -2.13. The molecule has 0 bridgehead atoms. The highest BCUT2D eigenvalue weighted by Crippen LogP contribution is 2.22. The Morgan fingerprint density at radius 3 is 2.41 bits per heavy atom. The van der Waals surface area contributed by atoms with E-state index in [0.29, 0.717) is 5.16 Å². The number of Topliss-reactive ketones (excluding diaryl/α,β-unsaturated/α-hetero) is 1. The van der Waals surface area contributed by atoms with Gasteiger partial charge in [0.2, 0.25) is 0 Å². The van der Waals surface area contributed by atoms with Gasteiger partial charge in [0.05, 0.1) is 5.25 Å². The van der Waals surface area contributed by atoms with Crippen molar-refractivity contribution in [1.29, 1.82) is 0 Å². The molecule has 22 heavy (non-hydrogen) atoms. The van der Waals surface area contributed by atoms with Crippen LogP contribution in [0.15, 0.2) is 33.2 Å². The van der Waals surface area contributed by atoms with Crippen molar-refractivity contribution in [3.63, 3.8) is 0 Å². The van der Waals surface area contributed by atoms with E-state index in [0.717, 1.165) is 20.9 Å². The summed E-state index contributed by atoms with van der Waals surface area (Å²) in [5, 5.41) is -0.196. The summed E-state index contributed by atoms with van der Waals surface area (Å²) < 4.78 is 1.94. The molecule has 116 valence electrons. The third-order valence-corrected chi connectivity index (χ3v) is 4.14. The molecule has 2 aromatic heterocycles. The van der Waals surface area contributed by atoms with Gasteiger partial charge in [-0.05, 0) is 13.0 Å². The molecule has 0 aliphatic rings. The minimum Gasteiger partial charge on any atom is -0.384 e. The van der Waals surface area contributed by atoms with E-state index in [1.165, 1.54) is 14.1 Å². The molecule has 0 aliphatic carbocycles. The van der Waals surface area contributed by atoms with Crippen LogP contribution in [0.5, 0.6) is 0 Å². The first kappa shape index (κ1) is 16.0. The summed E-state index contributed by atoms with van der Waals surface area (Å²) in [6, 6.07) is 1.66. The van der Waals surface area contributed by atoms with Crippen LogP contribution in [-0.2, 0) is 14.1 Å². The predicted octanol–water partition coefficient (Wildman–Crippen LogP) is -0.180. The Morgan fingerprint density at radius 1 is 1.23 bits per heavy atom. The first-order chi connectivity index (χ1) is 10.3. The molecule has 0 aromatic carbocycles. The zero-order valence-corrected chi connectivity index (χ0v) is 13.1. The number of carbonyl (C=O) groups excluding carboxylic acids is 1. The molecule has 0 amide bonds. The fourth-order valence-corrected chi connectivity index (χ4v) is 2.64. The van der Waals surface area contributed by atoms with Crippen LogP contribution in [0.25, 0.3) is 0 Å². The van der Waals surface area contributed by atoms with Crippen molar-refractivity contribution in [2.24, 2.45) is 14.1 Å². The van der Waals surface area contributed by atoms with Crippen molar-refractivity contribution in [1.82, 2.24) is 19.1 Å². The van der Waals surface area contributed by atoms with Crippen LogP contribution in [0.2, 0.25) is 0 Å². The van der Waals surface area contributed by atoms with Gasteiger partial charge in [0.25, 0.3) is 5.56 Å². The number of ketones is 1. The molecule has 0 radical (unpaired) electrons. The maximum Gasteiger partial charge on any atom is 0.332 e. The summed E-state index contributed by atoms with van der Waals surface area (Å²) in [5.41, 5.74) is 4.30. The van der Waals surface area contributed by atoms with Crippen LogP contribution in [0.1, 0.15) is 17.3 Å². The molecule has 2 rings (SSSR count). The zero-order chi connectivity index (χ0) is 16.4. The molecule has 0 unspecified atom stereocenters. The highest BCUT2D eigenvalue weighted by atomic mass is 32.2. The molecule has 2 heterocycles. The van der Waals surface area contributed by atoms with Crippen molar-refractivity contribution < 1.29 is 4.79 Å². The average Bonchev–Trinajstić information content (AvgIpc) is 2.52. The number of nitrogens with two attached hydrogens (primary N) is 1. The smallest absolute Gasteiger partial charge is 0.332 e. The summed E-state index contributed by atoms with van der Waals surface area (Å²) in [5.74, 6) is -0.606. The Morgan fingerprint density at radius 2 is 1.82 bits per heavy atom. The normalized spacial score (nSPS) is 12.1. The van der Waals surface area contributed by atoms with E-state index >= 15 is 0 Å². The number of carbonyl (C=O) groups is 1. The van der Waals surface area contributed by atoms with Crippen molar-refractivity contribution >= 4 is 23.4 Å². The number of hydrogen-bond acceptors (Lipinski definition) is 7. The molecule has 1 atom stereocenters. The van der Waals surface area contributed by atoms with Gasteiger partial charge in [0.15, 0.2) is 10.9 Å². The molecule has 0 saturated carbocycles. The molecule has 0 saturated heterocycles. The Balaban J connectivity index is 2.42. The molecule has 0 aliphatic heterocycles. The van der Waals surface area contributed by atoms with Crippen LogP contribution in [0.3, 0.4) is 0 Å².